The fourth-order valence-corrected chi connectivity index (χ4v) is 2.48. The number of hydrogen-bond donors (Lipinski definition) is 1. The van der Waals surface area contributed by atoms with Crippen molar-refractivity contribution in [2.24, 2.45) is 0 Å². The van der Waals surface area contributed by atoms with Crippen LogP contribution in [0.4, 0.5) is 11.4 Å². The number of benzene rings is 2. The first-order valence-corrected chi connectivity index (χ1v) is 7.25. The highest BCUT2D eigenvalue weighted by Gasteiger charge is 2.10. The molecule has 0 unspecified atom stereocenters. The van der Waals surface area contributed by atoms with Crippen LogP contribution in [0.5, 0.6) is 5.75 Å². The monoisotopic (exact) mass is 348 g/mol. The van der Waals surface area contributed by atoms with E-state index in [1.54, 1.807) is 20.2 Å². The van der Waals surface area contributed by atoms with Crippen LogP contribution in [-0.4, -0.2) is 27.1 Å². The van der Waals surface area contributed by atoms with Crippen molar-refractivity contribution in [3.63, 3.8) is 0 Å². The van der Waals surface area contributed by atoms with Crippen molar-refractivity contribution in [1.82, 2.24) is 5.32 Å². The number of carbonyl (C=O) groups excluding carboxylic acids is 1. The van der Waals surface area contributed by atoms with Gasteiger partial charge in [-0.1, -0.05) is 15.9 Å². The molecule has 0 fully saturated rings. The molecule has 0 heterocycles. The molecule has 2 aromatic carbocycles. The highest BCUT2D eigenvalue weighted by Crippen LogP contribution is 2.29. The van der Waals surface area contributed by atoms with E-state index in [9.17, 15) is 4.79 Å². The summed E-state index contributed by atoms with van der Waals surface area (Å²) >= 11 is 3.45. The van der Waals surface area contributed by atoms with Crippen molar-refractivity contribution in [1.29, 1.82) is 0 Å². The van der Waals surface area contributed by atoms with Gasteiger partial charge in [0.1, 0.15) is 5.75 Å². The normalized spacial score (nSPS) is 10.1. The molecular weight excluding hydrogens is 332 g/mol. The third-order valence-corrected chi connectivity index (χ3v) is 3.68. The number of ether oxygens (including phenoxy) is 1. The number of nitrogens with zero attached hydrogens (tertiary/aromatic N) is 1. The lowest BCUT2D eigenvalue weighted by atomic mass is 10.1. The van der Waals surface area contributed by atoms with Gasteiger partial charge in [0.25, 0.3) is 5.91 Å². The highest BCUT2D eigenvalue weighted by molar-refractivity contribution is 9.10. The van der Waals surface area contributed by atoms with Gasteiger partial charge < -0.3 is 15.0 Å². The van der Waals surface area contributed by atoms with Gasteiger partial charge in [-0.05, 0) is 42.5 Å². The third kappa shape index (κ3) is 3.55. The van der Waals surface area contributed by atoms with Gasteiger partial charge in [0, 0.05) is 35.5 Å². The predicted molar refractivity (Wildman–Crippen MR) is 88.6 cm³/mol. The average molecular weight is 349 g/mol. The van der Waals surface area contributed by atoms with E-state index in [4.69, 9.17) is 4.74 Å². The molecule has 0 spiro atoms. The molecule has 0 saturated carbocycles. The first-order valence-electron chi connectivity index (χ1n) is 6.45. The lowest BCUT2D eigenvalue weighted by Crippen LogP contribution is -2.18. The molecule has 0 bridgehead atoms. The quantitative estimate of drug-likeness (QED) is 0.917. The summed E-state index contributed by atoms with van der Waals surface area (Å²) in [6, 6.07) is 13.4. The molecule has 110 valence electrons. The Hall–Kier alpha value is -2.01. The summed E-state index contributed by atoms with van der Waals surface area (Å²) in [7, 11) is 5.22. The van der Waals surface area contributed by atoms with E-state index in [2.05, 4.69) is 21.2 Å². The van der Waals surface area contributed by atoms with E-state index in [-0.39, 0.29) is 5.91 Å². The second-order valence-electron chi connectivity index (χ2n) is 4.53. The minimum atomic E-state index is -0.110. The van der Waals surface area contributed by atoms with Gasteiger partial charge in [0.05, 0.1) is 7.11 Å². The number of methoxy groups -OCH3 is 1. The molecule has 0 aliphatic heterocycles. The maximum atomic E-state index is 11.8. The van der Waals surface area contributed by atoms with Gasteiger partial charge in [-0.15, -0.1) is 0 Å². The SMILES string of the molecule is CNC(=O)c1cc(Br)cc(N(C)c2ccc(OC)cc2)c1. The third-order valence-electron chi connectivity index (χ3n) is 3.22. The predicted octanol–water partition coefficient (Wildman–Crippen LogP) is 3.59. The first-order chi connectivity index (χ1) is 10.0. The molecule has 0 saturated heterocycles. The zero-order chi connectivity index (χ0) is 15.4. The maximum Gasteiger partial charge on any atom is 0.251 e. The van der Waals surface area contributed by atoms with Crippen LogP contribution in [-0.2, 0) is 0 Å². The number of rotatable bonds is 4. The average Bonchev–Trinajstić information content (AvgIpc) is 2.52. The number of nitrogens with one attached hydrogen (secondary N) is 1. The van der Waals surface area contributed by atoms with Crippen LogP contribution in [0.15, 0.2) is 46.9 Å². The molecular formula is C16H17BrN2O2. The van der Waals surface area contributed by atoms with E-state index in [1.165, 1.54) is 0 Å². The molecule has 1 N–H and O–H groups in total. The Morgan fingerprint density at radius 1 is 1.14 bits per heavy atom. The van der Waals surface area contributed by atoms with Crippen LogP contribution in [0, 0.1) is 0 Å². The van der Waals surface area contributed by atoms with Crippen LogP contribution >= 0.6 is 15.9 Å². The summed E-state index contributed by atoms with van der Waals surface area (Å²) in [5, 5.41) is 2.63. The Labute approximate surface area is 132 Å². The maximum absolute atomic E-state index is 11.8. The fourth-order valence-electron chi connectivity index (χ4n) is 2.00. The number of amides is 1. The van der Waals surface area contributed by atoms with Gasteiger partial charge in [0.2, 0.25) is 0 Å². The van der Waals surface area contributed by atoms with Crippen LogP contribution in [0.3, 0.4) is 0 Å². The molecule has 2 rings (SSSR count). The van der Waals surface area contributed by atoms with Gasteiger partial charge in [-0.2, -0.15) is 0 Å². The van der Waals surface area contributed by atoms with Crippen molar-refractivity contribution >= 4 is 33.2 Å². The van der Waals surface area contributed by atoms with E-state index >= 15 is 0 Å². The number of halogens is 1. The van der Waals surface area contributed by atoms with Crippen LogP contribution < -0.4 is 15.0 Å². The van der Waals surface area contributed by atoms with Crippen molar-refractivity contribution in [2.75, 3.05) is 26.1 Å². The topological polar surface area (TPSA) is 41.6 Å². The molecule has 5 heteroatoms. The van der Waals surface area contributed by atoms with Crippen LogP contribution in [0.25, 0.3) is 0 Å². The molecule has 2 aromatic rings. The molecule has 1 amide bonds. The van der Waals surface area contributed by atoms with Crippen molar-refractivity contribution in [2.45, 2.75) is 0 Å². The Bertz CT molecular complexity index is 641. The second-order valence-corrected chi connectivity index (χ2v) is 5.45. The Balaban J connectivity index is 2.35. The standard InChI is InChI=1S/C16H17BrN2O2/c1-18-16(20)11-8-12(17)10-14(9-11)19(2)13-4-6-15(21-3)7-5-13/h4-10H,1-3H3,(H,18,20). The zero-order valence-electron chi connectivity index (χ0n) is 12.2. The van der Waals surface area contributed by atoms with Gasteiger partial charge in [-0.3, -0.25) is 4.79 Å². The molecule has 0 atom stereocenters. The molecule has 0 aliphatic rings. The zero-order valence-corrected chi connectivity index (χ0v) is 13.8. The number of anilines is 2. The first kappa shape index (κ1) is 15.4. The summed E-state index contributed by atoms with van der Waals surface area (Å²) in [6.45, 7) is 0. The molecule has 0 aliphatic carbocycles. The van der Waals surface area contributed by atoms with Crippen molar-refractivity contribution < 1.29 is 9.53 Å². The number of hydrogen-bond acceptors (Lipinski definition) is 3. The summed E-state index contributed by atoms with van der Waals surface area (Å²) in [5.74, 6) is 0.702. The lowest BCUT2D eigenvalue weighted by molar-refractivity contribution is 0.0963. The Kier molecular flexibility index (Phi) is 4.85. The van der Waals surface area contributed by atoms with Crippen LogP contribution in [0.1, 0.15) is 10.4 Å². The molecule has 0 radical (unpaired) electrons. The van der Waals surface area contributed by atoms with Crippen molar-refractivity contribution in [3.8, 4) is 5.75 Å². The summed E-state index contributed by atoms with van der Waals surface area (Å²) in [6.07, 6.45) is 0. The summed E-state index contributed by atoms with van der Waals surface area (Å²) in [5.41, 5.74) is 2.55. The van der Waals surface area contributed by atoms with Gasteiger partial charge in [0.15, 0.2) is 0 Å². The fraction of sp³-hybridized carbons (Fsp3) is 0.188. The highest BCUT2D eigenvalue weighted by atomic mass is 79.9. The van der Waals surface area contributed by atoms with E-state index in [0.29, 0.717) is 5.56 Å². The largest absolute Gasteiger partial charge is 0.497 e. The van der Waals surface area contributed by atoms with E-state index in [1.807, 2.05) is 48.3 Å². The second kappa shape index (κ2) is 6.63. The van der Waals surface area contributed by atoms with Crippen LogP contribution in [0.2, 0.25) is 0 Å². The molecule has 0 aromatic heterocycles. The lowest BCUT2D eigenvalue weighted by Gasteiger charge is -2.21. The minimum absolute atomic E-state index is 0.110. The van der Waals surface area contributed by atoms with E-state index in [0.717, 1.165) is 21.6 Å². The Morgan fingerprint density at radius 2 is 1.81 bits per heavy atom. The Morgan fingerprint density at radius 3 is 2.38 bits per heavy atom. The minimum Gasteiger partial charge on any atom is -0.497 e. The smallest absolute Gasteiger partial charge is 0.251 e. The molecule has 4 nitrogen and oxygen atoms in total. The summed E-state index contributed by atoms with van der Waals surface area (Å²) in [4.78, 5) is 13.8. The molecule has 21 heavy (non-hydrogen) atoms. The van der Waals surface area contributed by atoms with E-state index < -0.39 is 0 Å². The summed E-state index contributed by atoms with van der Waals surface area (Å²) < 4.78 is 6.02. The van der Waals surface area contributed by atoms with Gasteiger partial charge in [-0.25, -0.2) is 0 Å². The number of carbonyl (C=O) groups is 1. The van der Waals surface area contributed by atoms with Crippen molar-refractivity contribution in [3.05, 3.63) is 52.5 Å². The van der Waals surface area contributed by atoms with Gasteiger partial charge >= 0.3 is 0 Å².